The van der Waals surface area contributed by atoms with Crippen LogP contribution in [0.1, 0.15) is 59.4 Å². The van der Waals surface area contributed by atoms with Crippen LogP contribution < -0.4 is 16.0 Å². The topological polar surface area (TPSA) is 85.8 Å². The number of carbonyl (C=O) groups is 1. The van der Waals surface area contributed by atoms with E-state index < -0.39 is 0 Å². The minimum atomic E-state index is -0.000982. The molecule has 1 aromatic rings. The van der Waals surface area contributed by atoms with E-state index in [4.69, 9.17) is 0 Å². The zero-order chi connectivity index (χ0) is 21.6. The van der Waals surface area contributed by atoms with Crippen molar-refractivity contribution in [3.05, 3.63) is 29.8 Å². The molecule has 0 aliphatic rings. The largest absolute Gasteiger partial charge is 0.396 e. The van der Waals surface area contributed by atoms with Crippen LogP contribution in [0.25, 0.3) is 0 Å². The standard InChI is InChI=1S/C23H40N4O2.HI/c1-6-18(5)22(29)27-21-10-8-9-19(14-21)15-25-23(24-7-2)26-16-20(11-12-28)13-17(3)4;/h8-10,14,17-18,20,28H,6-7,11-13,15-16H2,1-5H3,(H,27,29)(H2,24,25,26);1H. The molecule has 0 aliphatic carbocycles. The third kappa shape index (κ3) is 11.7. The summed E-state index contributed by atoms with van der Waals surface area (Å²) in [7, 11) is 0. The van der Waals surface area contributed by atoms with Gasteiger partial charge in [0.15, 0.2) is 5.96 Å². The molecule has 0 radical (unpaired) electrons. The number of aliphatic hydroxyl groups is 1. The van der Waals surface area contributed by atoms with Crippen LogP contribution >= 0.6 is 24.0 Å². The minimum absolute atomic E-state index is 0. The highest BCUT2D eigenvalue weighted by atomic mass is 127. The van der Waals surface area contributed by atoms with Crippen LogP contribution in [0.4, 0.5) is 5.69 Å². The lowest BCUT2D eigenvalue weighted by atomic mass is 9.94. The van der Waals surface area contributed by atoms with Crippen molar-refractivity contribution in [1.29, 1.82) is 0 Å². The molecule has 6 nitrogen and oxygen atoms in total. The fourth-order valence-corrected chi connectivity index (χ4v) is 3.10. The maximum atomic E-state index is 12.1. The molecular weight excluding hydrogens is 491 g/mol. The SMILES string of the molecule is CCNC(=NCc1cccc(NC(=O)C(C)CC)c1)NCC(CCO)CC(C)C.I. The number of nitrogens with zero attached hydrogens (tertiary/aromatic N) is 1. The van der Waals surface area contributed by atoms with Gasteiger partial charge in [-0.15, -0.1) is 24.0 Å². The second-order valence-electron chi connectivity index (χ2n) is 8.08. The van der Waals surface area contributed by atoms with Crippen LogP contribution in [0.5, 0.6) is 0 Å². The van der Waals surface area contributed by atoms with E-state index in [-0.39, 0.29) is 42.4 Å². The number of nitrogens with one attached hydrogen (secondary N) is 3. The molecule has 0 heterocycles. The van der Waals surface area contributed by atoms with Crippen molar-refractivity contribution in [3.63, 3.8) is 0 Å². The van der Waals surface area contributed by atoms with E-state index in [1.807, 2.05) is 45.0 Å². The van der Waals surface area contributed by atoms with Gasteiger partial charge in [-0.1, -0.05) is 39.8 Å². The molecule has 1 rings (SSSR count). The van der Waals surface area contributed by atoms with E-state index in [9.17, 15) is 9.90 Å². The molecular formula is C23H41IN4O2. The van der Waals surface area contributed by atoms with Crippen molar-refractivity contribution in [2.45, 2.75) is 60.4 Å². The highest BCUT2D eigenvalue weighted by molar-refractivity contribution is 14.0. The highest BCUT2D eigenvalue weighted by Crippen LogP contribution is 2.15. The summed E-state index contributed by atoms with van der Waals surface area (Å²) in [6, 6.07) is 7.83. The van der Waals surface area contributed by atoms with Gasteiger partial charge in [0.25, 0.3) is 0 Å². The van der Waals surface area contributed by atoms with Crippen molar-refractivity contribution in [1.82, 2.24) is 10.6 Å². The Hall–Kier alpha value is -1.35. The Morgan fingerprint density at radius 1 is 1.17 bits per heavy atom. The number of aliphatic imine (C=N–C) groups is 1. The summed E-state index contributed by atoms with van der Waals surface area (Å²) >= 11 is 0. The van der Waals surface area contributed by atoms with Crippen LogP contribution in [0, 0.1) is 17.8 Å². The number of hydrogen-bond acceptors (Lipinski definition) is 3. The molecule has 0 aliphatic heterocycles. The molecule has 7 heteroatoms. The number of halogens is 1. The van der Waals surface area contributed by atoms with Crippen molar-refractivity contribution in [2.24, 2.45) is 22.7 Å². The molecule has 0 saturated heterocycles. The molecule has 2 unspecified atom stereocenters. The number of hydrogen-bond donors (Lipinski definition) is 4. The lowest BCUT2D eigenvalue weighted by Gasteiger charge is -2.20. The third-order valence-electron chi connectivity index (χ3n) is 4.92. The molecule has 0 bridgehead atoms. The van der Waals surface area contributed by atoms with Crippen LogP contribution in [0.3, 0.4) is 0 Å². The Labute approximate surface area is 199 Å². The summed E-state index contributed by atoms with van der Waals surface area (Å²) in [5, 5.41) is 19.0. The van der Waals surface area contributed by atoms with E-state index in [0.29, 0.717) is 18.4 Å². The van der Waals surface area contributed by atoms with Crippen LogP contribution in [0.2, 0.25) is 0 Å². The van der Waals surface area contributed by atoms with Crippen LogP contribution in [-0.2, 0) is 11.3 Å². The average molecular weight is 533 g/mol. The van der Waals surface area contributed by atoms with Gasteiger partial charge in [-0.25, -0.2) is 4.99 Å². The van der Waals surface area contributed by atoms with Gasteiger partial charge in [-0.05, 0) is 55.7 Å². The van der Waals surface area contributed by atoms with Gasteiger partial charge < -0.3 is 21.1 Å². The molecule has 30 heavy (non-hydrogen) atoms. The summed E-state index contributed by atoms with van der Waals surface area (Å²) < 4.78 is 0. The second-order valence-corrected chi connectivity index (χ2v) is 8.08. The molecule has 0 fully saturated rings. The molecule has 1 amide bonds. The lowest BCUT2D eigenvalue weighted by molar-refractivity contribution is -0.119. The van der Waals surface area contributed by atoms with Gasteiger partial charge in [0.1, 0.15) is 0 Å². The highest BCUT2D eigenvalue weighted by Gasteiger charge is 2.12. The molecule has 0 spiro atoms. The van der Waals surface area contributed by atoms with Crippen LogP contribution in [0.15, 0.2) is 29.3 Å². The number of rotatable bonds is 12. The lowest BCUT2D eigenvalue weighted by Crippen LogP contribution is -2.40. The fourth-order valence-electron chi connectivity index (χ4n) is 3.10. The number of anilines is 1. The third-order valence-corrected chi connectivity index (χ3v) is 4.92. The van der Waals surface area contributed by atoms with Crippen LogP contribution in [-0.4, -0.2) is 36.7 Å². The molecule has 0 aromatic heterocycles. The van der Waals surface area contributed by atoms with E-state index >= 15 is 0 Å². The molecule has 2 atom stereocenters. The van der Waals surface area contributed by atoms with Gasteiger partial charge in [0.05, 0.1) is 6.54 Å². The summed E-state index contributed by atoms with van der Waals surface area (Å²) in [5.41, 5.74) is 1.85. The van der Waals surface area contributed by atoms with Crippen molar-refractivity contribution in [3.8, 4) is 0 Å². The van der Waals surface area contributed by atoms with Crippen molar-refractivity contribution in [2.75, 3.05) is 25.0 Å². The number of carbonyl (C=O) groups excluding carboxylic acids is 1. The molecule has 0 saturated carbocycles. The summed E-state index contributed by atoms with van der Waals surface area (Å²) in [5.74, 6) is 1.83. The summed E-state index contributed by atoms with van der Waals surface area (Å²) in [6.45, 7) is 12.7. The molecule has 4 N–H and O–H groups in total. The first kappa shape index (κ1) is 28.6. The van der Waals surface area contributed by atoms with E-state index in [2.05, 4.69) is 34.8 Å². The first-order valence-corrected chi connectivity index (χ1v) is 10.9. The monoisotopic (exact) mass is 532 g/mol. The fraction of sp³-hybridized carbons (Fsp3) is 0.652. The molecule has 172 valence electrons. The van der Waals surface area contributed by atoms with E-state index in [1.165, 1.54) is 0 Å². The van der Waals surface area contributed by atoms with E-state index in [1.54, 1.807) is 0 Å². The average Bonchev–Trinajstić information content (AvgIpc) is 2.69. The normalized spacial score (nSPS) is 13.4. The Balaban J connectivity index is 0.00000841. The van der Waals surface area contributed by atoms with Gasteiger partial charge in [-0.3, -0.25) is 4.79 Å². The second kappa shape index (κ2) is 16.4. The predicted molar refractivity (Wildman–Crippen MR) is 137 cm³/mol. The van der Waals surface area contributed by atoms with Crippen molar-refractivity contribution < 1.29 is 9.90 Å². The predicted octanol–water partition coefficient (Wildman–Crippen LogP) is 4.39. The number of amides is 1. The maximum absolute atomic E-state index is 12.1. The summed E-state index contributed by atoms with van der Waals surface area (Å²) in [6.07, 6.45) is 2.69. The van der Waals surface area contributed by atoms with Gasteiger partial charge in [-0.2, -0.15) is 0 Å². The number of guanidine groups is 1. The number of aliphatic hydroxyl groups excluding tert-OH is 1. The zero-order valence-corrected chi connectivity index (χ0v) is 21.5. The first-order chi connectivity index (χ1) is 13.9. The number of benzene rings is 1. The maximum Gasteiger partial charge on any atom is 0.227 e. The van der Waals surface area contributed by atoms with E-state index in [0.717, 1.165) is 49.6 Å². The zero-order valence-electron chi connectivity index (χ0n) is 19.2. The Morgan fingerprint density at radius 3 is 2.50 bits per heavy atom. The Morgan fingerprint density at radius 2 is 1.90 bits per heavy atom. The smallest absolute Gasteiger partial charge is 0.227 e. The Bertz CT molecular complexity index is 637. The quantitative estimate of drug-likeness (QED) is 0.183. The molecule has 1 aromatic carbocycles. The van der Waals surface area contributed by atoms with Crippen molar-refractivity contribution >= 4 is 41.5 Å². The van der Waals surface area contributed by atoms with Gasteiger partial charge >= 0.3 is 0 Å². The van der Waals surface area contributed by atoms with Gasteiger partial charge in [0, 0.05) is 31.3 Å². The first-order valence-electron chi connectivity index (χ1n) is 10.9. The Kier molecular flexibility index (Phi) is 15.6. The summed E-state index contributed by atoms with van der Waals surface area (Å²) in [4.78, 5) is 16.8. The van der Waals surface area contributed by atoms with Gasteiger partial charge in [0.2, 0.25) is 5.91 Å². The minimum Gasteiger partial charge on any atom is -0.396 e.